The Hall–Kier alpha value is -3.91. The highest BCUT2D eigenvalue weighted by atomic mass is 19.1. The standard InChI is InChI=1S/C30H37F2N5O7/c1-28(2,3)44-27(40)36(25-33-8-6-9-34-25)15-21-23(35-26(39)43-21)30(13-19(31)11-20(32)14-30)18-7-10-37(29(4,5)12-18)24(38)22-16-41-17-42-22/h6,8-9,11-13,21-23H,7,10,14-17H2,1-5H3,(H,35,39)/t21-,22+,23?,30?/m1/s1. The smallest absolute Gasteiger partial charge is 0.417 e. The highest BCUT2D eigenvalue weighted by molar-refractivity contribution is 5.86. The number of carbonyl (C=O) groups excluding carboxylic acids is 3. The van der Waals surface area contributed by atoms with Gasteiger partial charge >= 0.3 is 12.2 Å². The Kier molecular flexibility index (Phi) is 8.51. The molecule has 12 nitrogen and oxygen atoms in total. The number of aromatic nitrogens is 2. The normalized spacial score (nSPS) is 28.3. The van der Waals surface area contributed by atoms with E-state index in [1.165, 1.54) is 18.5 Å². The van der Waals surface area contributed by atoms with E-state index in [1.54, 1.807) is 37.8 Å². The van der Waals surface area contributed by atoms with E-state index in [-0.39, 0.29) is 51.2 Å². The molecule has 238 valence electrons. The van der Waals surface area contributed by atoms with Gasteiger partial charge in [0, 0.05) is 36.9 Å². The van der Waals surface area contributed by atoms with Gasteiger partial charge < -0.3 is 29.2 Å². The van der Waals surface area contributed by atoms with E-state index >= 15 is 8.78 Å². The van der Waals surface area contributed by atoms with Gasteiger partial charge in [-0.1, -0.05) is 11.6 Å². The number of amides is 3. The Morgan fingerprint density at radius 3 is 2.55 bits per heavy atom. The number of alkyl carbamates (subject to hydrolysis) is 1. The molecule has 0 radical (unpaired) electrons. The summed E-state index contributed by atoms with van der Waals surface area (Å²) in [7, 11) is 0. The third-order valence-electron chi connectivity index (χ3n) is 7.97. The van der Waals surface area contributed by atoms with Crippen LogP contribution in [0.2, 0.25) is 0 Å². The number of halogens is 2. The third kappa shape index (κ3) is 6.46. The van der Waals surface area contributed by atoms with Gasteiger partial charge in [0.05, 0.1) is 24.7 Å². The largest absolute Gasteiger partial charge is 0.443 e. The number of cyclic esters (lactones) is 1. The van der Waals surface area contributed by atoms with Gasteiger partial charge in [-0.3, -0.25) is 4.79 Å². The second-order valence-corrected chi connectivity index (χ2v) is 12.8. The molecule has 1 aromatic rings. The zero-order chi connectivity index (χ0) is 31.9. The molecule has 1 aromatic heterocycles. The lowest BCUT2D eigenvalue weighted by atomic mass is 9.64. The van der Waals surface area contributed by atoms with Gasteiger partial charge in [0.15, 0.2) is 6.10 Å². The molecule has 4 atom stereocenters. The van der Waals surface area contributed by atoms with E-state index in [1.807, 2.05) is 13.8 Å². The molecule has 44 heavy (non-hydrogen) atoms. The molecule has 2 saturated heterocycles. The summed E-state index contributed by atoms with van der Waals surface area (Å²) < 4.78 is 52.2. The maximum absolute atomic E-state index is 15.2. The molecule has 1 aliphatic carbocycles. The number of allylic oxidation sites excluding steroid dienone is 3. The molecule has 0 saturated carbocycles. The second kappa shape index (κ2) is 11.9. The molecule has 0 aromatic carbocycles. The van der Waals surface area contributed by atoms with E-state index in [4.69, 9.17) is 18.9 Å². The van der Waals surface area contributed by atoms with Crippen molar-refractivity contribution in [3.63, 3.8) is 0 Å². The molecule has 0 bridgehead atoms. The summed E-state index contributed by atoms with van der Waals surface area (Å²) in [5.41, 5.74) is -2.58. The van der Waals surface area contributed by atoms with Crippen molar-refractivity contribution >= 4 is 24.0 Å². The van der Waals surface area contributed by atoms with Crippen molar-refractivity contribution in [2.45, 2.75) is 76.9 Å². The van der Waals surface area contributed by atoms with Crippen molar-refractivity contribution in [1.29, 1.82) is 0 Å². The van der Waals surface area contributed by atoms with E-state index in [2.05, 4.69) is 15.3 Å². The maximum Gasteiger partial charge on any atom is 0.417 e. The summed E-state index contributed by atoms with van der Waals surface area (Å²) in [4.78, 5) is 50.6. The first kappa shape index (κ1) is 31.5. The number of hydrogen-bond donors (Lipinski definition) is 1. The minimum absolute atomic E-state index is 0.000720. The Bertz CT molecular complexity index is 1390. The van der Waals surface area contributed by atoms with Crippen LogP contribution >= 0.6 is 0 Å². The van der Waals surface area contributed by atoms with Gasteiger partial charge in [0.2, 0.25) is 5.95 Å². The topological polar surface area (TPSA) is 132 Å². The van der Waals surface area contributed by atoms with Crippen LogP contribution in [0.5, 0.6) is 0 Å². The monoisotopic (exact) mass is 617 g/mol. The van der Waals surface area contributed by atoms with Crippen LogP contribution < -0.4 is 10.2 Å². The van der Waals surface area contributed by atoms with E-state index in [9.17, 15) is 14.4 Å². The van der Waals surface area contributed by atoms with Gasteiger partial charge in [-0.05, 0) is 53.2 Å². The Morgan fingerprint density at radius 2 is 1.93 bits per heavy atom. The summed E-state index contributed by atoms with van der Waals surface area (Å²) in [6, 6.07) is 0.554. The molecule has 5 rings (SSSR count). The van der Waals surface area contributed by atoms with Crippen LogP contribution in [0.4, 0.5) is 24.3 Å². The van der Waals surface area contributed by atoms with Crippen LogP contribution in [0, 0.1) is 5.41 Å². The number of rotatable bonds is 6. The molecule has 2 fully saturated rings. The molecule has 14 heteroatoms. The van der Waals surface area contributed by atoms with Gasteiger partial charge in [-0.2, -0.15) is 0 Å². The third-order valence-corrected chi connectivity index (χ3v) is 7.97. The molecule has 4 aliphatic rings. The highest BCUT2D eigenvalue weighted by Crippen LogP contribution is 2.50. The second-order valence-electron chi connectivity index (χ2n) is 12.8. The van der Waals surface area contributed by atoms with Crippen molar-refractivity contribution in [3.05, 3.63) is 53.9 Å². The van der Waals surface area contributed by atoms with Crippen LogP contribution in [-0.2, 0) is 23.7 Å². The Balaban J connectivity index is 1.52. The molecular weight excluding hydrogens is 580 g/mol. The first-order valence-electron chi connectivity index (χ1n) is 14.4. The SMILES string of the molecule is CC(C)(C)OC(=O)N(C[C@H]1OC(=O)NC1C1(C2=CC(C)(C)N(C(=O)[C@@H]3COCO3)CC2)C=C(F)C=C(F)C1)c1ncccn1. The average Bonchev–Trinajstić information content (AvgIpc) is 3.60. The minimum Gasteiger partial charge on any atom is -0.443 e. The Labute approximate surface area is 254 Å². The number of carbonyl (C=O) groups is 3. The zero-order valence-corrected chi connectivity index (χ0v) is 25.3. The predicted molar refractivity (Wildman–Crippen MR) is 152 cm³/mol. The number of hydrogen-bond acceptors (Lipinski definition) is 9. The van der Waals surface area contributed by atoms with Crippen molar-refractivity contribution in [3.8, 4) is 0 Å². The summed E-state index contributed by atoms with van der Waals surface area (Å²) in [6.07, 6.45) is 3.31. The lowest BCUT2D eigenvalue weighted by Crippen LogP contribution is -2.57. The molecule has 4 heterocycles. The van der Waals surface area contributed by atoms with Crippen LogP contribution in [0.15, 0.2) is 53.9 Å². The fourth-order valence-electron chi connectivity index (χ4n) is 6.16. The predicted octanol–water partition coefficient (Wildman–Crippen LogP) is 4.10. The van der Waals surface area contributed by atoms with Gasteiger partial charge in [-0.25, -0.2) is 33.2 Å². The van der Waals surface area contributed by atoms with Crippen LogP contribution in [0.1, 0.15) is 47.5 Å². The average molecular weight is 618 g/mol. The molecule has 2 unspecified atom stereocenters. The molecule has 3 amide bonds. The quantitative estimate of drug-likeness (QED) is 0.469. The van der Waals surface area contributed by atoms with Crippen molar-refractivity contribution in [2.75, 3.05) is 31.4 Å². The van der Waals surface area contributed by atoms with Gasteiger partial charge in [-0.15, -0.1) is 0 Å². The fourth-order valence-corrected chi connectivity index (χ4v) is 6.16. The maximum atomic E-state index is 15.2. The van der Waals surface area contributed by atoms with Crippen molar-refractivity contribution < 1.29 is 42.1 Å². The highest BCUT2D eigenvalue weighted by Gasteiger charge is 2.54. The molecule has 3 aliphatic heterocycles. The van der Waals surface area contributed by atoms with E-state index in [0.29, 0.717) is 5.57 Å². The van der Waals surface area contributed by atoms with E-state index in [0.717, 1.165) is 11.0 Å². The first-order chi connectivity index (χ1) is 20.7. The zero-order valence-electron chi connectivity index (χ0n) is 25.3. The van der Waals surface area contributed by atoms with Crippen LogP contribution in [-0.4, -0.2) is 88.8 Å². The summed E-state index contributed by atoms with van der Waals surface area (Å²) >= 11 is 0. The van der Waals surface area contributed by atoms with E-state index < -0.39 is 58.6 Å². The number of ether oxygens (including phenoxy) is 4. The lowest BCUT2D eigenvalue weighted by molar-refractivity contribution is -0.144. The lowest BCUT2D eigenvalue weighted by Gasteiger charge is -2.48. The van der Waals surface area contributed by atoms with Crippen molar-refractivity contribution in [1.82, 2.24) is 20.2 Å². The molecular formula is C30H37F2N5O7. The first-order valence-corrected chi connectivity index (χ1v) is 14.4. The summed E-state index contributed by atoms with van der Waals surface area (Å²) in [5.74, 6) is -1.80. The Morgan fingerprint density at radius 1 is 1.20 bits per heavy atom. The summed E-state index contributed by atoms with van der Waals surface area (Å²) in [5, 5.41) is 2.76. The van der Waals surface area contributed by atoms with Gasteiger partial charge in [0.1, 0.15) is 30.2 Å². The van der Waals surface area contributed by atoms with Gasteiger partial charge in [0.25, 0.3) is 5.91 Å². The van der Waals surface area contributed by atoms with Crippen LogP contribution in [0.3, 0.4) is 0 Å². The summed E-state index contributed by atoms with van der Waals surface area (Å²) in [6.45, 7) is 8.87. The number of nitrogens with zero attached hydrogens (tertiary/aromatic N) is 4. The number of anilines is 1. The van der Waals surface area contributed by atoms with Crippen molar-refractivity contribution in [2.24, 2.45) is 5.41 Å². The molecule has 0 spiro atoms. The number of nitrogens with one attached hydrogen (secondary N) is 1. The fraction of sp³-hybridized carbons (Fsp3) is 0.567. The molecule has 1 N–H and O–H groups in total. The van der Waals surface area contributed by atoms with Crippen LogP contribution in [0.25, 0.3) is 0 Å². The minimum atomic E-state index is -1.43.